The first-order valence-corrected chi connectivity index (χ1v) is 5.74. The number of non-ortho nitro benzene ring substituents is 1. The van der Waals surface area contributed by atoms with Crippen LogP contribution in [0.4, 0.5) is 11.4 Å². The maximum atomic E-state index is 10.9. The Labute approximate surface area is 105 Å². The molecule has 4 nitrogen and oxygen atoms in total. The summed E-state index contributed by atoms with van der Waals surface area (Å²) in [6.45, 7) is 0.834. The van der Waals surface area contributed by atoms with Crippen molar-refractivity contribution in [2.75, 3.05) is 11.9 Å². The molecule has 0 aromatic heterocycles. The third-order valence-electron chi connectivity index (χ3n) is 3.32. The predicted molar refractivity (Wildman–Crippen MR) is 70.6 cm³/mol. The number of nitro benzene ring substituents is 1. The largest absolute Gasteiger partial charge is 0.370 e. The highest BCUT2D eigenvalue weighted by molar-refractivity contribution is 5.85. The van der Waals surface area contributed by atoms with E-state index < -0.39 is 0 Å². The first kappa shape index (κ1) is 10.8. The fourth-order valence-corrected chi connectivity index (χ4v) is 2.45. The molecule has 0 unspecified atom stereocenters. The van der Waals surface area contributed by atoms with Crippen LogP contribution < -0.4 is 4.90 Å². The van der Waals surface area contributed by atoms with E-state index in [2.05, 4.69) is 11.0 Å². The van der Waals surface area contributed by atoms with Crippen molar-refractivity contribution in [1.82, 2.24) is 0 Å². The average molecular weight is 240 g/mol. The molecule has 0 atom stereocenters. The topological polar surface area (TPSA) is 46.4 Å². The first-order chi connectivity index (χ1) is 8.66. The Morgan fingerprint density at radius 1 is 1.17 bits per heavy atom. The van der Waals surface area contributed by atoms with Crippen molar-refractivity contribution < 1.29 is 4.92 Å². The smallest absolute Gasteiger partial charge is 0.270 e. The van der Waals surface area contributed by atoms with Gasteiger partial charge in [0, 0.05) is 37.0 Å². The molecule has 2 aromatic carbocycles. The molecule has 0 bridgehead atoms. The Balaban J connectivity index is 2.26. The van der Waals surface area contributed by atoms with Crippen molar-refractivity contribution in [3.05, 3.63) is 58.1 Å². The summed E-state index contributed by atoms with van der Waals surface area (Å²) >= 11 is 0. The predicted octanol–water partition coefficient (Wildman–Crippen LogP) is 3.21. The van der Waals surface area contributed by atoms with Crippen molar-refractivity contribution in [3.63, 3.8) is 0 Å². The number of hydrogen-bond donors (Lipinski definition) is 0. The highest BCUT2D eigenvalue weighted by atomic mass is 16.6. The van der Waals surface area contributed by atoms with E-state index in [9.17, 15) is 10.1 Å². The third kappa shape index (κ3) is 1.54. The number of hydrogen-bond acceptors (Lipinski definition) is 3. The van der Waals surface area contributed by atoms with Gasteiger partial charge in [-0.2, -0.15) is 0 Å². The van der Waals surface area contributed by atoms with Gasteiger partial charge in [0.1, 0.15) is 0 Å². The molecule has 0 spiro atoms. The maximum Gasteiger partial charge on any atom is 0.270 e. The molecule has 3 rings (SSSR count). The van der Waals surface area contributed by atoms with Gasteiger partial charge in [0.15, 0.2) is 0 Å². The third-order valence-corrected chi connectivity index (χ3v) is 3.32. The minimum absolute atomic E-state index is 0.138. The molecule has 0 saturated heterocycles. The van der Waals surface area contributed by atoms with Crippen LogP contribution in [0.3, 0.4) is 0 Å². The quantitative estimate of drug-likeness (QED) is 0.568. The second-order valence-electron chi connectivity index (χ2n) is 4.47. The number of nitrogens with zero attached hydrogens (tertiary/aromatic N) is 2. The second-order valence-corrected chi connectivity index (χ2v) is 4.47. The lowest BCUT2D eigenvalue weighted by Crippen LogP contribution is -2.21. The van der Waals surface area contributed by atoms with Gasteiger partial charge >= 0.3 is 0 Å². The van der Waals surface area contributed by atoms with E-state index in [1.165, 1.54) is 5.56 Å². The van der Waals surface area contributed by atoms with Crippen molar-refractivity contribution >= 4 is 11.4 Å². The van der Waals surface area contributed by atoms with E-state index in [0.29, 0.717) is 0 Å². The van der Waals surface area contributed by atoms with Gasteiger partial charge < -0.3 is 4.90 Å². The van der Waals surface area contributed by atoms with Gasteiger partial charge in [-0.3, -0.25) is 10.1 Å². The molecule has 1 aliphatic heterocycles. The highest BCUT2D eigenvalue weighted by Gasteiger charge is 2.21. The van der Waals surface area contributed by atoms with Crippen molar-refractivity contribution in [3.8, 4) is 11.1 Å². The van der Waals surface area contributed by atoms with E-state index in [1.54, 1.807) is 12.1 Å². The fraction of sp³-hybridized carbons (Fsp3) is 0.143. The van der Waals surface area contributed by atoms with Crippen LogP contribution in [0.15, 0.2) is 42.5 Å². The van der Waals surface area contributed by atoms with Crippen LogP contribution in [0.2, 0.25) is 0 Å². The van der Waals surface area contributed by atoms with Crippen molar-refractivity contribution in [2.24, 2.45) is 0 Å². The Morgan fingerprint density at radius 2 is 1.94 bits per heavy atom. The molecule has 0 fully saturated rings. The summed E-state index contributed by atoms with van der Waals surface area (Å²) in [6.07, 6.45) is 0. The number of nitro groups is 1. The summed E-state index contributed by atoms with van der Waals surface area (Å²) in [5.41, 5.74) is 4.41. The van der Waals surface area contributed by atoms with E-state index in [-0.39, 0.29) is 10.6 Å². The summed E-state index contributed by atoms with van der Waals surface area (Å²) in [7, 11) is 2.00. The summed E-state index contributed by atoms with van der Waals surface area (Å²) in [5.74, 6) is 0. The normalized spacial score (nSPS) is 12.8. The Bertz CT molecular complexity index is 637. The SMILES string of the molecule is CN1Cc2ccccc2-c2cc([N+](=O)[O-])ccc21. The summed E-state index contributed by atoms with van der Waals surface area (Å²) in [6, 6.07) is 13.1. The first-order valence-electron chi connectivity index (χ1n) is 5.74. The number of rotatable bonds is 1. The van der Waals surface area contributed by atoms with Crippen molar-refractivity contribution in [2.45, 2.75) is 6.54 Å². The van der Waals surface area contributed by atoms with Gasteiger partial charge in [0.2, 0.25) is 0 Å². The van der Waals surface area contributed by atoms with Gasteiger partial charge in [0.05, 0.1) is 4.92 Å². The summed E-state index contributed by atoms with van der Waals surface area (Å²) in [5, 5.41) is 10.9. The number of fused-ring (bicyclic) bond motifs is 3. The minimum Gasteiger partial charge on any atom is -0.370 e. The monoisotopic (exact) mass is 240 g/mol. The van der Waals surface area contributed by atoms with Crippen molar-refractivity contribution in [1.29, 1.82) is 0 Å². The van der Waals surface area contributed by atoms with Gasteiger partial charge in [-0.05, 0) is 17.2 Å². The lowest BCUT2D eigenvalue weighted by Gasteiger charge is -2.29. The lowest BCUT2D eigenvalue weighted by molar-refractivity contribution is -0.384. The van der Waals surface area contributed by atoms with Crippen LogP contribution in [0.5, 0.6) is 0 Å². The van der Waals surface area contributed by atoms with Crippen LogP contribution >= 0.6 is 0 Å². The van der Waals surface area contributed by atoms with Crippen LogP contribution in [-0.2, 0) is 6.54 Å². The molecule has 0 saturated carbocycles. The molecule has 90 valence electrons. The van der Waals surface area contributed by atoms with Crippen LogP contribution in [0, 0.1) is 10.1 Å². The molecule has 2 aromatic rings. The Hall–Kier alpha value is -2.36. The molecule has 18 heavy (non-hydrogen) atoms. The van der Waals surface area contributed by atoms with Crippen LogP contribution in [-0.4, -0.2) is 12.0 Å². The molecule has 0 aliphatic carbocycles. The zero-order valence-electron chi connectivity index (χ0n) is 9.96. The van der Waals surface area contributed by atoms with E-state index in [4.69, 9.17) is 0 Å². The highest BCUT2D eigenvalue weighted by Crippen LogP contribution is 2.39. The van der Waals surface area contributed by atoms with Crippen LogP contribution in [0.1, 0.15) is 5.56 Å². The fourth-order valence-electron chi connectivity index (χ4n) is 2.45. The maximum absolute atomic E-state index is 10.9. The zero-order valence-corrected chi connectivity index (χ0v) is 9.96. The van der Waals surface area contributed by atoms with Crippen LogP contribution in [0.25, 0.3) is 11.1 Å². The second kappa shape index (κ2) is 3.84. The average Bonchev–Trinajstić information content (AvgIpc) is 2.38. The molecule has 0 N–H and O–H groups in total. The van der Waals surface area contributed by atoms with E-state index >= 15 is 0 Å². The molecule has 1 heterocycles. The number of benzene rings is 2. The van der Waals surface area contributed by atoms with E-state index in [0.717, 1.165) is 23.4 Å². The van der Waals surface area contributed by atoms with Gasteiger partial charge in [-0.1, -0.05) is 24.3 Å². The summed E-state index contributed by atoms with van der Waals surface area (Å²) in [4.78, 5) is 12.6. The molecule has 1 aliphatic rings. The Morgan fingerprint density at radius 3 is 2.72 bits per heavy atom. The standard InChI is InChI=1S/C14H12N2O2/c1-15-9-10-4-2-3-5-12(10)13-8-11(16(17)18)6-7-14(13)15/h2-8H,9H2,1H3. The van der Waals surface area contributed by atoms with Gasteiger partial charge in [0.25, 0.3) is 5.69 Å². The molecule has 0 radical (unpaired) electrons. The lowest BCUT2D eigenvalue weighted by atomic mass is 9.93. The zero-order chi connectivity index (χ0) is 12.7. The molecule has 0 amide bonds. The summed E-state index contributed by atoms with van der Waals surface area (Å²) < 4.78 is 0. The van der Waals surface area contributed by atoms with Gasteiger partial charge in [-0.25, -0.2) is 0 Å². The van der Waals surface area contributed by atoms with E-state index in [1.807, 2.05) is 31.3 Å². The number of anilines is 1. The molecular weight excluding hydrogens is 228 g/mol. The van der Waals surface area contributed by atoms with Gasteiger partial charge in [-0.15, -0.1) is 0 Å². The molecule has 4 heteroatoms. The Kier molecular flexibility index (Phi) is 2.30. The molecular formula is C14H12N2O2. The minimum atomic E-state index is -0.350.